The minimum Gasteiger partial charge on any atom is -0.478 e. The molecule has 108 valence electrons. The Labute approximate surface area is 121 Å². The summed E-state index contributed by atoms with van der Waals surface area (Å²) in [5, 5.41) is 14.2. The molecule has 0 aromatic heterocycles. The van der Waals surface area contributed by atoms with Crippen molar-refractivity contribution in [3.63, 3.8) is 0 Å². The molecule has 0 saturated carbocycles. The summed E-state index contributed by atoms with van der Waals surface area (Å²) in [6.45, 7) is 0.294. The third-order valence-electron chi connectivity index (χ3n) is 2.89. The van der Waals surface area contributed by atoms with E-state index in [1.165, 1.54) is 12.1 Å². The van der Waals surface area contributed by atoms with E-state index < -0.39 is 12.0 Å². The average molecular weight is 285 g/mol. The van der Waals surface area contributed by atoms with Crippen LogP contribution in [0, 0.1) is 0 Å². The summed E-state index contributed by atoms with van der Waals surface area (Å²) in [6, 6.07) is 12.8. The van der Waals surface area contributed by atoms with Crippen LogP contribution in [0.4, 0.5) is 16.2 Å². The summed E-state index contributed by atoms with van der Waals surface area (Å²) in [6.07, 6.45) is 0. The summed E-state index contributed by atoms with van der Waals surface area (Å²) in [5.74, 6) is -1.10. The number of benzene rings is 2. The Hall–Kier alpha value is -2.86. The zero-order chi connectivity index (χ0) is 15.2. The molecular formula is C15H15N3O3. The van der Waals surface area contributed by atoms with Crippen LogP contribution in [-0.2, 0) is 6.54 Å². The summed E-state index contributed by atoms with van der Waals surface area (Å²) in [7, 11) is 0. The molecule has 0 aliphatic heterocycles. The second kappa shape index (κ2) is 6.53. The molecule has 0 saturated heterocycles. The minimum atomic E-state index is -1.10. The summed E-state index contributed by atoms with van der Waals surface area (Å²) in [5.41, 5.74) is 7.23. The highest BCUT2D eigenvalue weighted by molar-refractivity contribution is 6.04. The van der Waals surface area contributed by atoms with E-state index in [4.69, 9.17) is 10.8 Å². The number of nitrogens with one attached hydrogen (secondary N) is 2. The van der Waals surface area contributed by atoms with Crippen molar-refractivity contribution in [1.29, 1.82) is 0 Å². The highest BCUT2D eigenvalue weighted by Crippen LogP contribution is 2.17. The molecule has 0 atom stereocenters. The van der Waals surface area contributed by atoms with Gasteiger partial charge in [-0.2, -0.15) is 0 Å². The first kappa shape index (κ1) is 14.5. The van der Waals surface area contributed by atoms with Crippen molar-refractivity contribution < 1.29 is 14.7 Å². The molecule has 2 aromatic rings. The van der Waals surface area contributed by atoms with Gasteiger partial charge in [0.15, 0.2) is 0 Å². The van der Waals surface area contributed by atoms with Crippen molar-refractivity contribution >= 4 is 23.4 Å². The van der Waals surface area contributed by atoms with E-state index in [1.54, 1.807) is 30.3 Å². The van der Waals surface area contributed by atoms with E-state index in [1.807, 2.05) is 6.07 Å². The number of hydrogen-bond donors (Lipinski definition) is 4. The van der Waals surface area contributed by atoms with Crippen LogP contribution in [0.3, 0.4) is 0 Å². The number of anilines is 2. The van der Waals surface area contributed by atoms with E-state index >= 15 is 0 Å². The van der Waals surface area contributed by atoms with Gasteiger partial charge in [0.2, 0.25) is 0 Å². The number of carbonyl (C=O) groups excluding carboxylic acids is 1. The smallest absolute Gasteiger partial charge is 0.337 e. The lowest BCUT2D eigenvalue weighted by atomic mass is 10.1. The molecule has 0 bridgehead atoms. The molecule has 6 heteroatoms. The molecule has 0 spiro atoms. The Morgan fingerprint density at radius 1 is 0.952 bits per heavy atom. The lowest BCUT2D eigenvalue weighted by molar-refractivity contribution is 0.0698. The first-order chi connectivity index (χ1) is 10.1. The number of rotatable bonds is 4. The van der Waals surface area contributed by atoms with Gasteiger partial charge in [0.1, 0.15) is 0 Å². The van der Waals surface area contributed by atoms with Crippen molar-refractivity contribution in [1.82, 2.24) is 0 Å². The lowest BCUT2D eigenvalue weighted by Gasteiger charge is -2.12. The van der Waals surface area contributed by atoms with Crippen LogP contribution in [0.15, 0.2) is 48.5 Å². The predicted molar refractivity (Wildman–Crippen MR) is 80.4 cm³/mol. The van der Waals surface area contributed by atoms with Gasteiger partial charge in [0.05, 0.1) is 11.3 Å². The molecule has 5 N–H and O–H groups in total. The van der Waals surface area contributed by atoms with E-state index in [9.17, 15) is 9.59 Å². The fourth-order valence-corrected chi connectivity index (χ4v) is 1.87. The zero-order valence-corrected chi connectivity index (χ0v) is 11.2. The van der Waals surface area contributed by atoms with Crippen molar-refractivity contribution in [2.45, 2.75) is 6.54 Å². The molecule has 0 fully saturated rings. The Bertz CT molecular complexity index is 671. The third kappa shape index (κ3) is 3.58. The molecule has 6 nitrogen and oxygen atoms in total. The van der Waals surface area contributed by atoms with Gasteiger partial charge in [-0.3, -0.25) is 0 Å². The first-order valence-electron chi connectivity index (χ1n) is 6.30. The number of urea groups is 1. The van der Waals surface area contributed by atoms with Crippen LogP contribution in [0.2, 0.25) is 0 Å². The summed E-state index contributed by atoms with van der Waals surface area (Å²) in [4.78, 5) is 23.0. The molecule has 0 unspecified atom stereocenters. The van der Waals surface area contributed by atoms with E-state index in [-0.39, 0.29) is 11.3 Å². The first-order valence-corrected chi connectivity index (χ1v) is 6.30. The fourth-order valence-electron chi connectivity index (χ4n) is 1.87. The number of nitrogens with two attached hydrogens (primary N) is 1. The van der Waals surface area contributed by atoms with E-state index in [2.05, 4.69) is 10.6 Å². The molecule has 0 aliphatic carbocycles. The van der Waals surface area contributed by atoms with Gasteiger partial charge < -0.3 is 21.5 Å². The number of hydrogen-bond acceptors (Lipinski definition) is 3. The Morgan fingerprint density at radius 3 is 2.19 bits per heavy atom. The highest BCUT2D eigenvalue weighted by atomic mass is 16.4. The quantitative estimate of drug-likeness (QED) is 0.692. The van der Waals surface area contributed by atoms with Gasteiger partial charge in [-0.15, -0.1) is 0 Å². The van der Waals surface area contributed by atoms with E-state index in [0.717, 1.165) is 5.56 Å². The average Bonchev–Trinajstić information content (AvgIpc) is 2.48. The van der Waals surface area contributed by atoms with Crippen LogP contribution in [-0.4, -0.2) is 17.1 Å². The minimum absolute atomic E-state index is 0.0276. The van der Waals surface area contributed by atoms with Crippen molar-refractivity contribution in [2.75, 3.05) is 10.6 Å². The molecule has 0 heterocycles. The van der Waals surface area contributed by atoms with Crippen LogP contribution < -0.4 is 16.4 Å². The van der Waals surface area contributed by atoms with Crippen LogP contribution in [0.1, 0.15) is 15.9 Å². The molecule has 2 aromatic carbocycles. The summed E-state index contributed by atoms with van der Waals surface area (Å²) >= 11 is 0. The van der Waals surface area contributed by atoms with Gasteiger partial charge >= 0.3 is 12.0 Å². The van der Waals surface area contributed by atoms with Gasteiger partial charge in [-0.25, -0.2) is 9.59 Å². The standard InChI is InChI=1S/C15H15N3O3/c16-9-10-5-1-3-7-12(10)17-15(21)18-13-8-4-2-6-11(13)14(19)20/h1-8H,9,16H2,(H,19,20)(H2,17,18,21). The zero-order valence-electron chi connectivity index (χ0n) is 11.2. The maximum absolute atomic E-state index is 12.0. The lowest BCUT2D eigenvalue weighted by Crippen LogP contribution is -2.22. The maximum atomic E-state index is 12.0. The molecule has 21 heavy (non-hydrogen) atoms. The Balaban J connectivity index is 2.14. The van der Waals surface area contributed by atoms with Gasteiger partial charge in [0.25, 0.3) is 0 Å². The Morgan fingerprint density at radius 2 is 1.52 bits per heavy atom. The number of carbonyl (C=O) groups is 2. The molecule has 0 aliphatic rings. The van der Waals surface area contributed by atoms with Crippen molar-refractivity contribution in [2.24, 2.45) is 5.73 Å². The Kier molecular flexibility index (Phi) is 4.53. The maximum Gasteiger partial charge on any atom is 0.337 e. The van der Waals surface area contributed by atoms with Crippen LogP contribution in [0.25, 0.3) is 0 Å². The molecule has 0 radical (unpaired) electrons. The van der Waals surface area contributed by atoms with Gasteiger partial charge in [-0.1, -0.05) is 30.3 Å². The number of amides is 2. The van der Waals surface area contributed by atoms with Crippen molar-refractivity contribution in [3.05, 3.63) is 59.7 Å². The van der Waals surface area contributed by atoms with Crippen molar-refractivity contribution in [3.8, 4) is 0 Å². The summed E-state index contributed by atoms with van der Waals surface area (Å²) < 4.78 is 0. The second-order valence-corrected chi connectivity index (χ2v) is 4.29. The van der Waals surface area contributed by atoms with Crippen LogP contribution in [0.5, 0.6) is 0 Å². The van der Waals surface area contributed by atoms with Gasteiger partial charge in [-0.05, 0) is 23.8 Å². The molecular weight excluding hydrogens is 270 g/mol. The molecule has 2 rings (SSSR count). The topological polar surface area (TPSA) is 104 Å². The number of aromatic carboxylic acids is 1. The SMILES string of the molecule is NCc1ccccc1NC(=O)Nc1ccccc1C(=O)O. The number of carboxylic acid groups (broad SMARTS) is 1. The third-order valence-corrected chi connectivity index (χ3v) is 2.89. The highest BCUT2D eigenvalue weighted by Gasteiger charge is 2.12. The predicted octanol–water partition coefficient (Wildman–Crippen LogP) is 2.49. The number of carboxylic acids is 1. The van der Waals surface area contributed by atoms with Gasteiger partial charge in [0, 0.05) is 12.2 Å². The van der Waals surface area contributed by atoms with E-state index in [0.29, 0.717) is 12.2 Å². The normalized spacial score (nSPS) is 9.95. The largest absolute Gasteiger partial charge is 0.478 e. The molecule has 2 amide bonds. The second-order valence-electron chi connectivity index (χ2n) is 4.29. The number of para-hydroxylation sites is 2. The monoisotopic (exact) mass is 285 g/mol. The van der Waals surface area contributed by atoms with Crippen LogP contribution >= 0.6 is 0 Å². The fraction of sp³-hybridized carbons (Fsp3) is 0.0667.